The van der Waals surface area contributed by atoms with Gasteiger partial charge >= 0.3 is 0 Å². The smallest absolute Gasteiger partial charge is 0.129 e. The van der Waals surface area contributed by atoms with Crippen LogP contribution in [-0.2, 0) is 0 Å². The van der Waals surface area contributed by atoms with Crippen LogP contribution in [0.3, 0.4) is 0 Å². The molecule has 2 aliphatic heterocycles. The van der Waals surface area contributed by atoms with Gasteiger partial charge in [-0.05, 0) is 49.6 Å². The van der Waals surface area contributed by atoms with E-state index in [1.54, 1.807) is 18.3 Å². The van der Waals surface area contributed by atoms with Gasteiger partial charge < -0.3 is 15.0 Å². The van der Waals surface area contributed by atoms with Crippen LogP contribution in [0.2, 0.25) is 0 Å². The fourth-order valence-electron chi connectivity index (χ4n) is 4.22. The van der Waals surface area contributed by atoms with Crippen LogP contribution in [0.25, 0.3) is 11.0 Å². The average Bonchev–Trinajstić information content (AvgIpc) is 3.23. The first-order valence-electron chi connectivity index (χ1n) is 9.87. The van der Waals surface area contributed by atoms with Gasteiger partial charge in [0.1, 0.15) is 29.0 Å². The van der Waals surface area contributed by atoms with Crippen molar-refractivity contribution >= 4 is 22.5 Å². The minimum atomic E-state index is -0.262. The number of hydrogen-bond donors (Lipinski definition) is 1. The lowest BCUT2D eigenvalue weighted by atomic mass is 10.0. The molecule has 0 radical (unpaired) electrons. The van der Waals surface area contributed by atoms with Crippen LogP contribution in [0, 0.1) is 17.1 Å². The Bertz CT molecular complexity index is 1130. The number of pyridine rings is 2. The SMILES string of the molecule is N#Cc1cnc2ccc3nc2c1NCCCOc1ccc(F)cc1[C@@H]1CCCN31. The highest BCUT2D eigenvalue weighted by Crippen LogP contribution is 2.40. The number of anilines is 2. The van der Waals surface area contributed by atoms with Gasteiger partial charge in [-0.1, -0.05) is 0 Å². The summed E-state index contributed by atoms with van der Waals surface area (Å²) in [5.74, 6) is 1.26. The van der Waals surface area contributed by atoms with Gasteiger partial charge in [0.05, 0.1) is 29.4 Å². The summed E-state index contributed by atoms with van der Waals surface area (Å²) in [6.45, 7) is 1.95. The molecule has 2 bridgehead atoms. The number of nitrogens with one attached hydrogen (secondary N) is 1. The van der Waals surface area contributed by atoms with Crippen LogP contribution in [0.5, 0.6) is 5.75 Å². The highest BCUT2D eigenvalue weighted by Gasteiger charge is 2.30. The molecule has 1 saturated heterocycles. The number of ether oxygens (including phenoxy) is 1. The van der Waals surface area contributed by atoms with E-state index in [1.807, 2.05) is 12.1 Å². The van der Waals surface area contributed by atoms with E-state index in [9.17, 15) is 9.65 Å². The lowest BCUT2D eigenvalue weighted by Crippen LogP contribution is -2.24. The van der Waals surface area contributed by atoms with Crippen molar-refractivity contribution < 1.29 is 9.13 Å². The predicted octanol–water partition coefficient (Wildman–Crippen LogP) is 4.18. The summed E-state index contributed by atoms with van der Waals surface area (Å²) in [6.07, 6.45) is 4.21. The second-order valence-electron chi connectivity index (χ2n) is 7.36. The fraction of sp³-hybridized carbons (Fsp3) is 0.318. The molecule has 0 unspecified atom stereocenters. The molecule has 1 fully saturated rings. The molecule has 1 aromatic carbocycles. The van der Waals surface area contributed by atoms with Crippen molar-refractivity contribution in [1.29, 1.82) is 5.26 Å². The number of aromatic nitrogens is 2. The zero-order valence-electron chi connectivity index (χ0n) is 15.9. The molecule has 0 saturated carbocycles. The summed E-state index contributed by atoms with van der Waals surface area (Å²) in [4.78, 5) is 11.5. The fourth-order valence-corrected chi connectivity index (χ4v) is 4.22. The highest BCUT2D eigenvalue weighted by atomic mass is 19.1. The first kappa shape index (κ1) is 17.7. The van der Waals surface area contributed by atoms with Crippen LogP contribution in [0.4, 0.5) is 15.9 Å². The molecule has 1 atom stereocenters. The third-order valence-electron chi connectivity index (χ3n) is 5.58. The largest absolute Gasteiger partial charge is 0.493 e. The number of nitriles is 1. The minimum Gasteiger partial charge on any atom is -0.493 e. The Morgan fingerprint density at radius 2 is 2.17 bits per heavy atom. The molecule has 0 amide bonds. The Hall–Kier alpha value is -3.40. The zero-order chi connectivity index (χ0) is 19.8. The molecule has 5 rings (SSSR count). The molecule has 0 spiro atoms. The van der Waals surface area contributed by atoms with Crippen LogP contribution in [0.15, 0.2) is 36.5 Å². The number of fused-ring (bicyclic) bond motifs is 5. The second-order valence-corrected chi connectivity index (χ2v) is 7.36. The Morgan fingerprint density at radius 3 is 3.07 bits per heavy atom. The number of benzene rings is 1. The Labute approximate surface area is 167 Å². The Morgan fingerprint density at radius 1 is 1.24 bits per heavy atom. The minimum absolute atomic E-state index is 0.00470. The van der Waals surface area contributed by atoms with Crippen LogP contribution >= 0.6 is 0 Å². The van der Waals surface area contributed by atoms with Gasteiger partial charge in [0, 0.05) is 24.8 Å². The van der Waals surface area contributed by atoms with Crippen LogP contribution in [-0.4, -0.2) is 29.7 Å². The van der Waals surface area contributed by atoms with Crippen molar-refractivity contribution in [3.8, 4) is 11.8 Å². The first-order chi connectivity index (χ1) is 14.2. The molecular formula is C22H20FN5O. The van der Waals surface area contributed by atoms with Gasteiger partial charge in [-0.3, -0.25) is 4.98 Å². The average molecular weight is 389 g/mol. The molecule has 0 aliphatic carbocycles. The normalized spacial score (nSPS) is 18.5. The summed E-state index contributed by atoms with van der Waals surface area (Å²) in [5, 5.41) is 12.9. The van der Waals surface area contributed by atoms with Gasteiger partial charge in [-0.2, -0.15) is 5.26 Å². The maximum atomic E-state index is 14.1. The molecule has 1 N–H and O–H groups in total. The molecule has 146 valence electrons. The van der Waals surface area contributed by atoms with Gasteiger partial charge in [0.25, 0.3) is 0 Å². The maximum Gasteiger partial charge on any atom is 0.129 e. The van der Waals surface area contributed by atoms with Crippen LogP contribution in [0.1, 0.15) is 36.4 Å². The van der Waals surface area contributed by atoms with E-state index in [0.29, 0.717) is 29.9 Å². The van der Waals surface area contributed by atoms with Gasteiger partial charge in [0.15, 0.2) is 0 Å². The zero-order valence-corrected chi connectivity index (χ0v) is 15.9. The molecular weight excluding hydrogens is 369 g/mol. The molecule has 7 heteroatoms. The number of halogens is 1. The van der Waals surface area contributed by atoms with Gasteiger partial charge in [-0.25, -0.2) is 9.37 Å². The predicted molar refractivity (Wildman–Crippen MR) is 109 cm³/mol. The van der Waals surface area contributed by atoms with Crippen molar-refractivity contribution in [2.75, 3.05) is 29.9 Å². The molecule has 3 aromatic rings. The Kier molecular flexibility index (Phi) is 4.39. The lowest BCUT2D eigenvalue weighted by molar-refractivity contribution is 0.309. The summed E-state index contributed by atoms with van der Waals surface area (Å²) in [5.41, 5.74) is 3.47. The molecule has 6 nitrogen and oxygen atoms in total. The summed E-state index contributed by atoms with van der Waals surface area (Å²) in [6, 6.07) is 10.8. The Balaban J connectivity index is 1.69. The van der Waals surface area contributed by atoms with Crippen molar-refractivity contribution in [1.82, 2.24) is 9.97 Å². The van der Waals surface area contributed by atoms with Crippen LogP contribution < -0.4 is 15.0 Å². The van der Waals surface area contributed by atoms with E-state index in [2.05, 4.69) is 21.3 Å². The molecule has 2 aliphatic rings. The van der Waals surface area contributed by atoms with E-state index < -0.39 is 0 Å². The second kappa shape index (κ2) is 7.21. The van der Waals surface area contributed by atoms with Crippen molar-refractivity contribution in [2.24, 2.45) is 0 Å². The molecule has 4 heterocycles. The molecule has 2 aromatic heterocycles. The number of rotatable bonds is 0. The van der Waals surface area contributed by atoms with E-state index >= 15 is 0 Å². The standard InChI is InChI=1S/C22H20FN5O/c23-15-4-6-19-16(11-15)18-3-1-9-28(18)20-7-5-17-22(27-20)21(14(12-24)13-26-17)25-8-2-10-29-19/h4-7,11,13,18,25H,1-3,8-10H2/t18-/m0/s1. The van der Waals surface area contributed by atoms with E-state index in [0.717, 1.165) is 48.5 Å². The third-order valence-corrected chi connectivity index (χ3v) is 5.58. The van der Waals surface area contributed by atoms with Crippen molar-refractivity contribution in [3.05, 3.63) is 53.5 Å². The van der Waals surface area contributed by atoms with Crippen molar-refractivity contribution in [3.63, 3.8) is 0 Å². The third kappa shape index (κ3) is 3.11. The van der Waals surface area contributed by atoms with Gasteiger partial charge in [0.2, 0.25) is 0 Å². The van der Waals surface area contributed by atoms with E-state index in [1.165, 1.54) is 6.07 Å². The van der Waals surface area contributed by atoms with Crippen molar-refractivity contribution in [2.45, 2.75) is 25.3 Å². The lowest BCUT2D eigenvalue weighted by Gasteiger charge is -2.27. The van der Waals surface area contributed by atoms with Gasteiger partial charge in [-0.15, -0.1) is 0 Å². The number of nitrogens with zero attached hydrogens (tertiary/aromatic N) is 4. The maximum absolute atomic E-state index is 14.1. The number of hydrogen-bond acceptors (Lipinski definition) is 6. The van der Waals surface area contributed by atoms with E-state index in [4.69, 9.17) is 9.72 Å². The topological polar surface area (TPSA) is 74.1 Å². The molecule has 29 heavy (non-hydrogen) atoms. The quantitative estimate of drug-likeness (QED) is 0.622. The monoisotopic (exact) mass is 389 g/mol. The summed E-state index contributed by atoms with van der Waals surface area (Å²) >= 11 is 0. The summed E-state index contributed by atoms with van der Waals surface area (Å²) in [7, 11) is 0. The van der Waals surface area contributed by atoms with E-state index in [-0.39, 0.29) is 11.9 Å². The highest BCUT2D eigenvalue weighted by molar-refractivity contribution is 5.91. The summed E-state index contributed by atoms with van der Waals surface area (Å²) < 4.78 is 20.1. The first-order valence-corrected chi connectivity index (χ1v) is 9.87.